The first kappa shape index (κ1) is 19.9. The molecule has 0 aliphatic rings. The molecule has 1 amide bonds. The number of aliphatic hydroxyl groups excluding tert-OH is 2. The van der Waals surface area contributed by atoms with Crippen molar-refractivity contribution >= 4 is 12.1 Å². The highest BCUT2D eigenvalue weighted by atomic mass is 19.1. The van der Waals surface area contributed by atoms with E-state index in [-0.39, 0.29) is 17.7 Å². The zero-order valence-electron chi connectivity index (χ0n) is 14.0. The van der Waals surface area contributed by atoms with Crippen LogP contribution in [-0.4, -0.2) is 47.6 Å². The van der Waals surface area contributed by atoms with Crippen molar-refractivity contribution in [1.82, 2.24) is 5.32 Å². The van der Waals surface area contributed by atoms with Gasteiger partial charge in [-0.25, -0.2) is 14.0 Å². The first-order chi connectivity index (χ1) is 11.0. The van der Waals surface area contributed by atoms with Crippen LogP contribution in [0.1, 0.15) is 42.8 Å². The second-order valence-corrected chi connectivity index (χ2v) is 6.13. The summed E-state index contributed by atoms with van der Waals surface area (Å²) in [6.45, 7) is 4.77. The lowest BCUT2D eigenvalue weighted by molar-refractivity contribution is 0.0128. The van der Waals surface area contributed by atoms with Gasteiger partial charge in [0.2, 0.25) is 0 Å². The summed E-state index contributed by atoms with van der Waals surface area (Å²) in [5.41, 5.74) is -0.948. The van der Waals surface area contributed by atoms with E-state index in [1.54, 1.807) is 20.8 Å². The molecule has 24 heavy (non-hydrogen) atoms. The van der Waals surface area contributed by atoms with Crippen LogP contribution in [0, 0.1) is 5.82 Å². The Bertz CT molecular complexity index is 599. The van der Waals surface area contributed by atoms with Crippen LogP contribution >= 0.6 is 0 Å². The van der Waals surface area contributed by atoms with E-state index in [9.17, 15) is 24.2 Å². The van der Waals surface area contributed by atoms with Gasteiger partial charge in [-0.2, -0.15) is 0 Å². The lowest BCUT2D eigenvalue weighted by Crippen LogP contribution is -2.38. The summed E-state index contributed by atoms with van der Waals surface area (Å²) in [4.78, 5) is 23.0. The summed E-state index contributed by atoms with van der Waals surface area (Å²) >= 11 is 0. The van der Waals surface area contributed by atoms with E-state index < -0.39 is 35.7 Å². The molecular weight excluding hydrogens is 321 g/mol. The van der Waals surface area contributed by atoms with Crippen LogP contribution in [0.25, 0.3) is 0 Å². The minimum absolute atomic E-state index is 0.107. The molecule has 0 saturated heterocycles. The molecule has 7 nitrogen and oxygen atoms in total. The van der Waals surface area contributed by atoms with E-state index in [2.05, 4.69) is 10.1 Å². The highest BCUT2D eigenvalue weighted by Gasteiger charge is 2.23. The number of alkyl carbamates (subject to hydrolysis) is 1. The molecule has 0 aliphatic carbocycles. The zero-order chi connectivity index (χ0) is 18.5. The van der Waals surface area contributed by atoms with Crippen LogP contribution in [-0.2, 0) is 9.47 Å². The maximum atomic E-state index is 13.6. The minimum Gasteiger partial charge on any atom is -0.465 e. The van der Waals surface area contributed by atoms with Crippen molar-refractivity contribution in [1.29, 1.82) is 0 Å². The van der Waals surface area contributed by atoms with Crippen molar-refractivity contribution in [2.45, 2.75) is 38.6 Å². The summed E-state index contributed by atoms with van der Waals surface area (Å²) in [5.74, 6) is -1.71. The number of nitrogens with one attached hydrogen (secondary N) is 1. The third kappa shape index (κ3) is 5.78. The summed E-state index contributed by atoms with van der Waals surface area (Å²) < 4.78 is 23.0. The molecule has 0 aliphatic heterocycles. The van der Waals surface area contributed by atoms with Crippen molar-refractivity contribution in [3.05, 3.63) is 35.1 Å². The van der Waals surface area contributed by atoms with E-state index in [1.165, 1.54) is 6.07 Å². The molecule has 2 atom stereocenters. The molecular formula is C16H22FNO6. The Morgan fingerprint density at radius 1 is 1.29 bits per heavy atom. The second kappa shape index (κ2) is 8.07. The average molecular weight is 343 g/mol. The maximum Gasteiger partial charge on any atom is 0.407 e. The topological polar surface area (TPSA) is 105 Å². The van der Waals surface area contributed by atoms with Gasteiger partial charge in [0.15, 0.2) is 0 Å². The number of amides is 1. The van der Waals surface area contributed by atoms with Crippen LogP contribution < -0.4 is 5.32 Å². The van der Waals surface area contributed by atoms with Crippen LogP contribution in [0.4, 0.5) is 9.18 Å². The monoisotopic (exact) mass is 343 g/mol. The Morgan fingerprint density at radius 3 is 2.46 bits per heavy atom. The Balaban J connectivity index is 2.74. The zero-order valence-corrected chi connectivity index (χ0v) is 14.0. The first-order valence-corrected chi connectivity index (χ1v) is 7.26. The lowest BCUT2D eigenvalue weighted by atomic mass is 10.0. The number of carbonyl (C=O) groups is 2. The molecule has 0 bridgehead atoms. The van der Waals surface area contributed by atoms with Crippen molar-refractivity contribution in [2.24, 2.45) is 0 Å². The van der Waals surface area contributed by atoms with Crippen molar-refractivity contribution in [3.8, 4) is 0 Å². The van der Waals surface area contributed by atoms with Gasteiger partial charge < -0.3 is 25.0 Å². The first-order valence-electron chi connectivity index (χ1n) is 7.26. The fraction of sp³-hybridized carbons (Fsp3) is 0.500. The summed E-state index contributed by atoms with van der Waals surface area (Å²) in [6.07, 6.45) is -3.57. The van der Waals surface area contributed by atoms with Crippen LogP contribution in [0.3, 0.4) is 0 Å². The van der Waals surface area contributed by atoms with Crippen LogP contribution in [0.15, 0.2) is 18.2 Å². The van der Waals surface area contributed by atoms with Crippen molar-refractivity contribution in [3.63, 3.8) is 0 Å². The number of halogens is 1. The van der Waals surface area contributed by atoms with E-state index in [0.29, 0.717) is 0 Å². The number of methoxy groups -OCH3 is 1. The van der Waals surface area contributed by atoms with Gasteiger partial charge >= 0.3 is 12.1 Å². The number of aliphatic hydroxyl groups is 2. The fourth-order valence-corrected chi connectivity index (χ4v) is 1.83. The Morgan fingerprint density at radius 2 is 1.92 bits per heavy atom. The number of esters is 1. The second-order valence-electron chi connectivity index (χ2n) is 6.13. The number of ether oxygens (including phenoxy) is 2. The Kier molecular flexibility index (Phi) is 6.68. The molecule has 1 aromatic carbocycles. The molecule has 8 heteroatoms. The average Bonchev–Trinajstić information content (AvgIpc) is 2.50. The highest BCUT2D eigenvalue weighted by Crippen LogP contribution is 2.20. The Hall–Kier alpha value is -2.19. The van der Waals surface area contributed by atoms with E-state index in [1.807, 2.05) is 0 Å². The highest BCUT2D eigenvalue weighted by molar-refractivity contribution is 5.89. The van der Waals surface area contributed by atoms with Crippen LogP contribution in [0.2, 0.25) is 0 Å². The van der Waals surface area contributed by atoms with Gasteiger partial charge in [0.05, 0.1) is 12.7 Å². The third-order valence-corrected chi connectivity index (χ3v) is 2.96. The van der Waals surface area contributed by atoms with Crippen LogP contribution in [0.5, 0.6) is 0 Å². The molecule has 3 N–H and O–H groups in total. The molecule has 0 spiro atoms. The molecule has 0 aromatic heterocycles. The molecule has 2 unspecified atom stereocenters. The molecule has 1 rings (SSSR count). The van der Waals surface area contributed by atoms with Gasteiger partial charge in [0.25, 0.3) is 0 Å². The van der Waals surface area contributed by atoms with Gasteiger partial charge in [-0.1, -0.05) is 6.07 Å². The van der Waals surface area contributed by atoms with Gasteiger partial charge in [-0.15, -0.1) is 0 Å². The van der Waals surface area contributed by atoms with E-state index in [4.69, 9.17) is 4.74 Å². The van der Waals surface area contributed by atoms with Gasteiger partial charge in [-0.05, 0) is 38.5 Å². The lowest BCUT2D eigenvalue weighted by Gasteiger charge is -2.22. The number of hydrogen-bond acceptors (Lipinski definition) is 6. The predicted octanol–water partition coefficient (Wildman–Crippen LogP) is 1.53. The van der Waals surface area contributed by atoms with Gasteiger partial charge in [-0.3, -0.25) is 0 Å². The SMILES string of the molecule is COC(=O)c1cc(C(O)C(O)CNC(=O)OC(C)(C)C)ccc1F. The molecule has 0 fully saturated rings. The molecule has 0 radical (unpaired) electrons. The van der Waals surface area contributed by atoms with Crippen molar-refractivity contribution < 1.29 is 33.7 Å². The smallest absolute Gasteiger partial charge is 0.407 e. The van der Waals surface area contributed by atoms with E-state index in [0.717, 1.165) is 19.2 Å². The van der Waals surface area contributed by atoms with E-state index >= 15 is 0 Å². The maximum absolute atomic E-state index is 13.6. The summed E-state index contributed by atoms with van der Waals surface area (Å²) in [5, 5.41) is 22.3. The summed E-state index contributed by atoms with van der Waals surface area (Å²) in [6, 6.07) is 3.30. The number of benzene rings is 1. The number of hydrogen-bond donors (Lipinski definition) is 3. The number of carbonyl (C=O) groups excluding carboxylic acids is 2. The number of rotatable bonds is 5. The fourth-order valence-electron chi connectivity index (χ4n) is 1.83. The predicted molar refractivity (Wildman–Crippen MR) is 82.9 cm³/mol. The van der Waals surface area contributed by atoms with Crippen molar-refractivity contribution in [2.75, 3.05) is 13.7 Å². The molecule has 0 saturated carbocycles. The molecule has 134 valence electrons. The van der Waals surface area contributed by atoms with Gasteiger partial charge in [0, 0.05) is 6.54 Å². The Labute approximate surface area is 139 Å². The summed E-state index contributed by atoms with van der Waals surface area (Å²) in [7, 11) is 1.10. The minimum atomic E-state index is -1.44. The molecule has 1 aromatic rings. The standard InChI is InChI=1S/C16H22FNO6/c1-16(2,3)24-15(22)18-8-12(19)13(20)9-5-6-11(17)10(7-9)14(21)23-4/h5-7,12-13,19-20H,8H2,1-4H3,(H,18,22). The third-order valence-electron chi connectivity index (χ3n) is 2.96. The van der Waals surface area contributed by atoms with Gasteiger partial charge in [0.1, 0.15) is 23.6 Å². The normalized spacial score (nSPS) is 13.8. The largest absolute Gasteiger partial charge is 0.465 e. The quantitative estimate of drug-likeness (QED) is 0.700. The molecule has 0 heterocycles.